The highest BCUT2D eigenvalue weighted by Gasteiger charge is 2.23. The third-order valence-corrected chi connectivity index (χ3v) is 2.45. The van der Waals surface area contributed by atoms with Crippen molar-refractivity contribution in [3.8, 4) is 0 Å². The first kappa shape index (κ1) is 11.5. The zero-order chi connectivity index (χ0) is 10.4. The first-order chi connectivity index (χ1) is 6.79. The summed E-state index contributed by atoms with van der Waals surface area (Å²) >= 11 is 0. The van der Waals surface area contributed by atoms with E-state index in [1.54, 1.807) is 4.90 Å². The van der Waals surface area contributed by atoms with Gasteiger partial charge in [-0.25, -0.2) is 0 Å². The molecule has 0 aromatic heterocycles. The Labute approximate surface area is 85.2 Å². The molecule has 0 aliphatic carbocycles. The second-order valence-corrected chi connectivity index (χ2v) is 3.56. The standard InChI is InChI=1S/C10H19NO3/c1-3-5-9(4-2)10(12)11-6-13-8-14-7-11/h9H,3-8H2,1-2H3. The highest BCUT2D eigenvalue weighted by Crippen LogP contribution is 2.15. The molecule has 0 radical (unpaired) electrons. The van der Waals surface area contributed by atoms with Crippen LogP contribution in [-0.2, 0) is 14.3 Å². The van der Waals surface area contributed by atoms with E-state index in [9.17, 15) is 4.79 Å². The highest BCUT2D eigenvalue weighted by atomic mass is 16.7. The molecule has 0 aromatic carbocycles. The summed E-state index contributed by atoms with van der Waals surface area (Å²) in [5.74, 6) is 0.291. The minimum atomic E-state index is 0.130. The van der Waals surface area contributed by atoms with E-state index in [4.69, 9.17) is 9.47 Å². The summed E-state index contributed by atoms with van der Waals surface area (Å²) < 4.78 is 10.1. The van der Waals surface area contributed by atoms with Crippen LogP contribution in [-0.4, -0.2) is 31.1 Å². The maximum absolute atomic E-state index is 11.9. The summed E-state index contributed by atoms with van der Waals surface area (Å²) in [6.07, 6.45) is 2.88. The summed E-state index contributed by atoms with van der Waals surface area (Å²) in [6, 6.07) is 0. The lowest BCUT2D eigenvalue weighted by Gasteiger charge is -2.29. The van der Waals surface area contributed by atoms with Gasteiger partial charge in [-0.3, -0.25) is 9.69 Å². The summed E-state index contributed by atoms with van der Waals surface area (Å²) in [7, 11) is 0. The Bertz CT molecular complexity index is 171. The molecular weight excluding hydrogens is 182 g/mol. The lowest BCUT2D eigenvalue weighted by Crippen LogP contribution is -2.42. The van der Waals surface area contributed by atoms with Gasteiger partial charge in [0.05, 0.1) is 0 Å². The Morgan fingerprint density at radius 1 is 1.36 bits per heavy atom. The highest BCUT2D eigenvalue weighted by molar-refractivity contribution is 5.78. The molecule has 1 fully saturated rings. The second kappa shape index (κ2) is 5.98. The van der Waals surface area contributed by atoms with Gasteiger partial charge in [0, 0.05) is 5.92 Å². The molecule has 1 amide bonds. The van der Waals surface area contributed by atoms with Gasteiger partial charge in [-0.05, 0) is 12.8 Å². The number of carbonyl (C=O) groups excluding carboxylic acids is 1. The van der Waals surface area contributed by atoms with Gasteiger partial charge in [0.25, 0.3) is 0 Å². The first-order valence-corrected chi connectivity index (χ1v) is 5.23. The fraction of sp³-hybridized carbons (Fsp3) is 0.900. The number of nitrogens with zero attached hydrogens (tertiary/aromatic N) is 1. The van der Waals surface area contributed by atoms with E-state index >= 15 is 0 Å². The van der Waals surface area contributed by atoms with Crippen LogP contribution in [0, 0.1) is 5.92 Å². The summed E-state index contributed by atoms with van der Waals surface area (Å²) in [6.45, 7) is 5.19. The molecule has 0 N–H and O–H groups in total. The monoisotopic (exact) mass is 201 g/mol. The van der Waals surface area contributed by atoms with Gasteiger partial charge in [0.2, 0.25) is 5.91 Å². The van der Waals surface area contributed by atoms with Crippen molar-refractivity contribution in [2.45, 2.75) is 33.1 Å². The van der Waals surface area contributed by atoms with Gasteiger partial charge in [-0.1, -0.05) is 20.3 Å². The van der Waals surface area contributed by atoms with Crippen molar-refractivity contribution in [1.82, 2.24) is 4.90 Å². The van der Waals surface area contributed by atoms with E-state index in [1.807, 2.05) is 6.92 Å². The smallest absolute Gasteiger partial charge is 0.229 e. The Kier molecular flexibility index (Phi) is 4.90. The van der Waals surface area contributed by atoms with Crippen LogP contribution in [0.15, 0.2) is 0 Å². The van der Waals surface area contributed by atoms with Crippen LogP contribution in [0.25, 0.3) is 0 Å². The van der Waals surface area contributed by atoms with Crippen LogP contribution in [0.1, 0.15) is 33.1 Å². The van der Waals surface area contributed by atoms with Gasteiger partial charge in [0.1, 0.15) is 13.5 Å². The van der Waals surface area contributed by atoms with Crippen molar-refractivity contribution in [3.63, 3.8) is 0 Å². The van der Waals surface area contributed by atoms with Crippen LogP contribution >= 0.6 is 0 Å². The van der Waals surface area contributed by atoms with Crippen molar-refractivity contribution >= 4 is 5.91 Å². The number of hydrogen-bond acceptors (Lipinski definition) is 3. The fourth-order valence-electron chi connectivity index (χ4n) is 1.63. The quantitative estimate of drug-likeness (QED) is 0.693. The molecule has 1 aliphatic rings. The molecule has 0 bridgehead atoms. The van der Waals surface area contributed by atoms with Crippen LogP contribution in [0.3, 0.4) is 0 Å². The molecule has 0 aromatic rings. The largest absolute Gasteiger partial charge is 0.335 e. The number of ether oxygens (including phenoxy) is 2. The Morgan fingerprint density at radius 3 is 2.50 bits per heavy atom. The second-order valence-electron chi connectivity index (χ2n) is 3.56. The Balaban J connectivity index is 2.43. The molecule has 4 heteroatoms. The molecule has 1 rings (SSSR count). The molecular formula is C10H19NO3. The SMILES string of the molecule is CCCC(CC)C(=O)N1COCOC1. The van der Waals surface area contributed by atoms with E-state index < -0.39 is 0 Å². The zero-order valence-electron chi connectivity index (χ0n) is 8.99. The Hall–Kier alpha value is -0.610. The molecule has 14 heavy (non-hydrogen) atoms. The molecule has 1 aliphatic heterocycles. The van der Waals surface area contributed by atoms with Crippen LogP contribution in [0.5, 0.6) is 0 Å². The van der Waals surface area contributed by atoms with E-state index in [1.165, 1.54) is 0 Å². The molecule has 82 valence electrons. The number of rotatable bonds is 4. The molecule has 4 nitrogen and oxygen atoms in total. The van der Waals surface area contributed by atoms with Gasteiger partial charge in [-0.2, -0.15) is 0 Å². The van der Waals surface area contributed by atoms with Crippen molar-refractivity contribution in [2.75, 3.05) is 20.3 Å². The number of hydrogen-bond donors (Lipinski definition) is 0. The molecule has 0 saturated carbocycles. The summed E-state index contributed by atoms with van der Waals surface area (Å²) in [4.78, 5) is 13.5. The lowest BCUT2D eigenvalue weighted by molar-refractivity contribution is -0.194. The lowest BCUT2D eigenvalue weighted by atomic mass is 9.99. The molecule has 1 saturated heterocycles. The maximum Gasteiger partial charge on any atom is 0.229 e. The first-order valence-electron chi connectivity index (χ1n) is 5.23. The molecule has 0 spiro atoms. The minimum Gasteiger partial charge on any atom is -0.335 e. The topological polar surface area (TPSA) is 38.8 Å². The third kappa shape index (κ3) is 2.96. The van der Waals surface area contributed by atoms with Crippen molar-refractivity contribution in [1.29, 1.82) is 0 Å². The van der Waals surface area contributed by atoms with Crippen LogP contribution in [0.2, 0.25) is 0 Å². The van der Waals surface area contributed by atoms with Gasteiger partial charge in [0.15, 0.2) is 6.79 Å². The van der Waals surface area contributed by atoms with Crippen molar-refractivity contribution in [2.24, 2.45) is 5.92 Å². The van der Waals surface area contributed by atoms with Gasteiger partial charge in [-0.15, -0.1) is 0 Å². The number of amides is 1. The van der Waals surface area contributed by atoms with Gasteiger partial charge >= 0.3 is 0 Å². The molecule has 1 atom stereocenters. The average molecular weight is 201 g/mol. The zero-order valence-corrected chi connectivity index (χ0v) is 8.99. The van der Waals surface area contributed by atoms with Crippen molar-refractivity contribution in [3.05, 3.63) is 0 Å². The Morgan fingerprint density at radius 2 is 2.00 bits per heavy atom. The van der Waals surface area contributed by atoms with E-state index in [-0.39, 0.29) is 11.8 Å². The van der Waals surface area contributed by atoms with E-state index in [0.717, 1.165) is 19.3 Å². The van der Waals surface area contributed by atoms with Crippen LogP contribution in [0.4, 0.5) is 0 Å². The van der Waals surface area contributed by atoms with E-state index in [0.29, 0.717) is 20.3 Å². The summed E-state index contributed by atoms with van der Waals surface area (Å²) in [5.41, 5.74) is 0. The maximum atomic E-state index is 11.9. The van der Waals surface area contributed by atoms with Crippen molar-refractivity contribution < 1.29 is 14.3 Å². The summed E-state index contributed by atoms with van der Waals surface area (Å²) in [5, 5.41) is 0. The fourth-order valence-corrected chi connectivity index (χ4v) is 1.63. The normalized spacial score (nSPS) is 19.4. The predicted octanol–water partition coefficient (Wildman–Crippen LogP) is 1.56. The third-order valence-electron chi connectivity index (χ3n) is 2.45. The van der Waals surface area contributed by atoms with Gasteiger partial charge < -0.3 is 9.47 Å². The predicted molar refractivity (Wildman–Crippen MR) is 52.3 cm³/mol. The minimum absolute atomic E-state index is 0.130. The molecule has 1 unspecified atom stereocenters. The number of carbonyl (C=O) groups is 1. The van der Waals surface area contributed by atoms with Crippen LogP contribution < -0.4 is 0 Å². The average Bonchev–Trinajstić information content (AvgIpc) is 2.26. The van der Waals surface area contributed by atoms with E-state index in [2.05, 4.69) is 6.92 Å². The molecule has 1 heterocycles.